The summed E-state index contributed by atoms with van der Waals surface area (Å²) in [5, 5.41) is 9.36. The van der Waals surface area contributed by atoms with E-state index in [-0.39, 0.29) is 22.9 Å². The molecule has 2 aromatic rings. The minimum atomic E-state index is -3.73. The van der Waals surface area contributed by atoms with Gasteiger partial charge in [-0.3, -0.25) is 15.6 Å². The van der Waals surface area contributed by atoms with Crippen molar-refractivity contribution in [3.05, 3.63) is 48.5 Å². The lowest BCUT2D eigenvalue weighted by Gasteiger charge is -2.29. The molecule has 0 saturated heterocycles. The molecule has 9 heteroatoms. The number of hydrogen-bond donors (Lipinski definition) is 3. The van der Waals surface area contributed by atoms with Crippen LogP contribution in [0.1, 0.15) is 0 Å². The van der Waals surface area contributed by atoms with Crippen LogP contribution in [0.4, 0.5) is 10.5 Å². The summed E-state index contributed by atoms with van der Waals surface area (Å²) in [6, 6.07) is 11.7. The molecule has 4 N–H and O–H groups in total. The maximum absolute atomic E-state index is 12.8. The Morgan fingerprint density at radius 3 is 2.56 bits per heavy atom. The Hall–Kier alpha value is -3.07. The molecule has 0 aromatic heterocycles. The summed E-state index contributed by atoms with van der Waals surface area (Å²) in [7, 11) is -3.73. The normalized spacial score (nSPS) is 13.5. The predicted molar refractivity (Wildman–Crippen MR) is 91.6 cm³/mol. The number of carbonyl (C=O) groups excluding carboxylic acids is 1. The van der Waals surface area contributed by atoms with Gasteiger partial charge in [-0.25, -0.2) is 13.2 Å². The number of guanidine groups is 1. The molecular formula is C16H16N4O4S. The van der Waals surface area contributed by atoms with Gasteiger partial charge in [0.2, 0.25) is 9.84 Å². The Labute approximate surface area is 144 Å². The number of anilines is 1. The van der Waals surface area contributed by atoms with Gasteiger partial charge in [0.25, 0.3) is 0 Å². The molecule has 0 spiro atoms. The van der Waals surface area contributed by atoms with E-state index in [2.05, 4.69) is 5.32 Å². The maximum Gasteiger partial charge on any atom is 0.328 e. The molecule has 2 aromatic carbocycles. The zero-order chi connectivity index (χ0) is 18.0. The molecule has 25 heavy (non-hydrogen) atoms. The molecular weight excluding hydrogens is 344 g/mol. The first-order valence-corrected chi connectivity index (χ1v) is 8.87. The van der Waals surface area contributed by atoms with Crippen LogP contribution in [0.2, 0.25) is 0 Å². The van der Waals surface area contributed by atoms with Gasteiger partial charge >= 0.3 is 6.03 Å². The lowest BCUT2D eigenvalue weighted by atomic mass is 10.2. The largest absolute Gasteiger partial charge is 0.490 e. The average Bonchev–Trinajstić information content (AvgIpc) is 2.60. The van der Waals surface area contributed by atoms with Crippen LogP contribution in [-0.2, 0) is 9.84 Å². The van der Waals surface area contributed by atoms with Crippen molar-refractivity contribution >= 4 is 27.5 Å². The molecule has 0 atom stereocenters. The molecule has 1 heterocycles. The fourth-order valence-corrected chi connectivity index (χ4v) is 3.80. The minimum absolute atomic E-state index is 0.0450. The summed E-state index contributed by atoms with van der Waals surface area (Å²) in [4.78, 5) is 13.7. The van der Waals surface area contributed by atoms with Crippen LogP contribution in [0, 0.1) is 5.41 Å². The van der Waals surface area contributed by atoms with Crippen molar-refractivity contribution in [3.8, 4) is 5.75 Å². The van der Waals surface area contributed by atoms with Gasteiger partial charge in [-0.15, -0.1) is 0 Å². The third-order valence-corrected chi connectivity index (χ3v) is 5.41. The number of rotatable bonds is 2. The van der Waals surface area contributed by atoms with Crippen molar-refractivity contribution in [2.75, 3.05) is 18.1 Å². The van der Waals surface area contributed by atoms with Crippen molar-refractivity contribution in [1.29, 1.82) is 5.41 Å². The quantitative estimate of drug-likeness (QED) is 0.550. The predicted octanol–water partition coefficient (Wildman–Crippen LogP) is 1.32. The molecule has 0 fully saturated rings. The molecule has 1 aliphatic heterocycles. The van der Waals surface area contributed by atoms with Crippen LogP contribution in [0.25, 0.3) is 0 Å². The summed E-state index contributed by atoms with van der Waals surface area (Å²) in [6.07, 6.45) is 0. The lowest BCUT2D eigenvalue weighted by molar-refractivity contribution is 0.243. The van der Waals surface area contributed by atoms with Gasteiger partial charge in [0.1, 0.15) is 12.4 Å². The van der Waals surface area contributed by atoms with Crippen LogP contribution in [0.15, 0.2) is 58.3 Å². The molecule has 0 saturated carbocycles. The Balaban J connectivity index is 2.03. The van der Waals surface area contributed by atoms with Gasteiger partial charge in [-0.05, 0) is 30.3 Å². The van der Waals surface area contributed by atoms with Crippen molar-refractivity contribution in [3.63, 3.8) is 0 Å². The Kier molecular flexibility index (Phi) is 4.32. The number of nitrogens with zero attached hydrogens (tertiary/aromatic N) is 1. The molecule has 0 aliphatic carbocycles. The molecule has 0 bridgehead atoms. The summed E-state index contributed by atoms with van der Waals surface area (Å²) in [5.41, 5.74) is 5.50. The van der Waals surface area contributed by atoms with E-state index in [0.29, 0.717) is 11.4 Å². The Bertz CT molecular complexity index is 928. The first kappa shape index (κ1) is 16.8. The highest BCUT2D eigenvalue weighted by Crippen LogP contribution is 2.35. The fourth-order valence-electron chi connectivity index (χ4n) is 2.49. The zero-order valence-corrected chi connectivity index (χ0v) is 13.9. The third-order valence-electron chi connectivity index (χ3n) is 3.64. The van der Waals surface area contributed by atoms with E-state index in [1.165, 1.54) is 35.2 Å². The highest BCUT2D eigenvalue weighted by molar-refractivity contribution is 7.91. The number of sulfone groups is 1. The monoisotopic (exact) mass is 360 g/mol. The summed E-state index contributed by atoms with van der Waals surface area (Å²) < 4.78 is 31.0. The van der Waals surface area contributed by atoms with E-state index < -0.39 is 21.8 Å². The highest BCUT2D eigenvalue weighted by Gasteiger charge is 2.27. The first-order valence-electron chi connectivity index (χ1n) is 7.39. The number of urea groups is 1. The number of ether oxygens (including phenoxy) is 1. The van der Waals surface area contributed by atoms with Crippen LogP contribution in [0.3, 0.4) is 0 Å². The van der Waals surface area contributed by atoms with Gasteiger partial charge in [0.05, 0.1) is 22.0 Å². The number of benzene rings is 2. The van der Waals surface area contributed by atoms with Crippen molar-refractivity contribution in [2.45, 2.75) is 9.79 Å². The van der Waals surface area contributed by atoms with Crippen molar-refractivity contribution in [2.24, 2.45) is 5.73 Å². The number of hydrogen-bond acceptors (Lipinski definition) is 5. The average molecular weight is 360 g/mol. The number of nitrogens with two attached hydrogens (primary N) is 1. The molecule has 0 radical (unpaired) electrons. The first-order chi connectivity index (χ1) is 11.9. The Morgan fingerprint density at radius 2 is 1.88 bits per heavy atom. The molecule has 1 aliphatic rings. The SMILES string of the molecule is N=C(N)NC(=O)N1CCOc2ccc(S(=O)(=O)c3ccccc3)cc21. The van der Waals surface area contributed by atoms with E-state index in [4.69, 9.17) is 15.9 Å². The van der Waals surface area contributed by atoms with E-state index in [1.54, 1.807) is 18.2 Å². The second-order valence-corrected chi connectivity index (χ2v) is 7.24. The molecule has 3 rings (SSSR count). The fraction of sp³-hybridized carbons (Fsp3) is 0.125. The second-order valence-electron chi connectivity index (χ2n) is 5.29. The van der Waals surface area contributed by atoms with Gasteiger partial charge in [0, 0.05) is 0 Å². The van der Waals surface area contributed by atoms with Crippen LogP contribution < -0.4 is 20.7 Å². The lowest BCUT2D eigenvalue weighted by Crippen LogP contribution is -2.48. The van der Waals surface area contributed by atoms with Crippen LogP contribution in [0.5, 0.6) is 5.75 Å². The number of carbonyl (C=O) groups is 1. The number of fused-ring (bicyclic) bond motifs is 1. The van der Waals surface area contributed by atoms with Crippen LogP contribution in [-0.4, -0.2) is 33.6 Å². The minimum Gasteiger partial charge on any atom is -0.490 e. The smallest absolute Gasteiger partial charge is 0.328 e. The standard InChI is InChI=1S/C16H16N4O4S/c17-15(18)19-16(21)20-8-9-24-14-7-6-12(10-13(14)20)25(22,23)11-4-2-1-3-5-11/h1-7,10H,8-9H2,(H4,17,18,19,21). The maximum atomic E-state index is 12.8. The Morgan fingerprint density at radius 1 is 1.16 bits per heavy atom. The summed E-state index contributed by atoms with van der Waals surface area (Å²) in [6.45, 7) is 0.462. The van der Waals surface area contributed by atoms with Gasteiger partial charge in [0.15, 0.2) is 5.96 Å². The number of nitrogens with one attached hydrogen (secondary N) is 2. The molecule has 8 nitrogen and oxygen atoms in total. The van der Waals surface area contributed by atoms with Crippen molar-refractivity contribution in [1.82, 2.24) is 5.32 Å². The topological polar surface area (TPSA) is 126 Å². The van der Waals surface area contributed by atoms with Gasteiger partial charge in [-0.1, -0.05) is 18.2 Å². The van der Waals surface area contributed by atoms with E-state index in [1.807, 2.05) is 0 Å². The van der Waals surface area contributed by atoms with Crippen LogP contribution >= 0.6 is 0 Å². The highest BCUT2D eigenvalue weighted by atomic mass is 32.2. The molecule has 0 unspecified atom stereocenters. The number of amides is 2. The van der Waals surface area contributed by atoms with Gasteiger partial charge < -0.3 is 10.5 Å². The second kappa shape index (κ2) is 6.44. The zero-order valence-electron chi connectivity index (χ0n) is 13.1. The van der Waals surface area contributed by atoms with Crippen molar-refractivity contribution < 1.29 is 17.9 Å². The summed E-state index contributed by atoms with van der Waals surface area (Å²) in [5.74, 6) is -0.108. The van der Waals surface area contributed by atoms with E-state index in [9.17, 15) is 13.2 Å². The van der Waals surface area contributed by atoms with E-state index >= 15 is 0 Å². The summed E-state index contributed by atoms with van der Waals surface area (Å²) >= 11 is 0. The molecule has 2 amide bonds. The van der Waals surface area contributed by atoms with E-state index in [0.717, 1.165) is 0 Å². The van der Waals surface area contributed by atoms with Gasteiger partial charge in [-0.2, -0.15) is 0 Å². The third kappa shape index (κ3) is 3.26. The molecule has 130 valence electrons.